The number of ether oxygens (including phenoxy) is 2. The van der Waals surface area contributed by atoms with Gasteiger partial charge in [-0.05, 0) is 56.4 Å². The molecule has 2 N–H and O–H groups in total. The van der Waals surface area contributed by atoms with Crippen molar-refractivity contribution in [3.8, 4) is 11.6 Å². The van der Waals surface area contributed by atoms with Crippen molar-refractivity contribution < 1.29 is 36.7 Å². The smallest absolute Gasteiger partial charge is 0.259 e. The summed E-state index contributed by atoms with van der Waals surface area (Å²) in [5.41, 5.74) is -1.54. The van der Waals surface area contributed by atoms with Gasteiger partial charge in [0.1, 0.15) is 34.9 Å². The van der Waals surface area contributed by atoms with Crippen LogP contribution in [0.25, 0.3) is 10.8 Å². The second kappa shape index (κ2) is 12.9. The Balaban J connectivity index is 1.30. The van der Waals surface area contributed by atoms with Crippen LogP contribution in [0.5, 0.6) is 11.6 Å². The number of hydrogen-bond acceptors (Lipinski definition) is 8. The fraction of sp³-hybridized carbons (Fsp3) is 0.600. The molecule has 13 heteroatoms. The zero-order chi connectivity index (χ0) is 34.4. The molecule has 0 spiro atoms. The normalized spacial score (nSPS) is 32.6. The number of allylic oxidation sites excluding steroid dienone is 1. The molecule has 3 fully saturated rings. The molecule has 1 saturated heterocycles. The molecule has 0 radical (unpaired) electrons. The lowest BCUT2D eigenvalue weighted by atomic mass is 9.85. The van der Waals surface area contributed by atoms with Crippen LogP contribution in [0.15, 0.2) is 42.6 Å². The molecule has 2 aliphatic carbocycles. The van der Waals surface area contributed by atoms with Crippen LogP contribution in [0, 0.1) is 23.7 Å². The minimum atomic E-state index is -4.31. The Morgan fingerprint density at radius 3 is 2.56 bits per heavy atom. The average molecular weight is 685 g/mol. The van der Waals surface area contributed by atoms with E-state index in [4.69, 9.17) is 9.47 Å². The number of aromatic nitrogens is 1. The summed E-state index contributed by atoms with van der Waals surface area (Å²) >= 11 is 0. The summed E-state index contributed by atoms with van der Waals surface area (Å²) in [6, 6.07) is 6.53. The number of alkyl halides is 1. The lowest BCUT2D eigenvalue weighted by Gasteiger charge is -2.31. The van der Waals surface area contributed by atoms with E-state index < -0.39 is 56.9 Å². The van der Waals surface area contributed by atoms with E-state index in [2.05, 4.69) is 28.9 Å². The third-order valence-electron chi connectivity index (χ3n) is 10.9. The molecule has 0 bridgehead atoms. The van der Waals surface area contributed by atoms with E-state index in [0.717, 1.165) is 30.0 Å². The Kier molecular flexibility index (Phi) is 9.20. The number of methoxy groups -OCH3 is 1. The topological polar surface area (TPSA) is 144 Å². The maximum Gasteiger partial charge on any atom is 0.259 e. The van der Waals surface area contributed by atoms with Gasteiger partial charge >= 0.3 is 0 Å². The summed E-state index contributed by atoms with van der Waals surface area (Å²) in [6.45, 7) is 5.12. The number of carbonyl (C=O) groups excluding carboxylic acids is 3. The fourth-order valence-electron chi connectivity index (χ4n) is 7.25. The number of sulfonamides is 1. The van der Waals surface area contributed by atoms with Gasteiger partial charge in [-0.3, -0.25) is 19.1 Å². The number of benzene rings is 1. The standard InChI is InChI=1S/C35H45FN4O7S/c1-21-9-5-6-10-24-17-35(24,33(43)39-48(44,45)34(20-36)13-14-34)38-30(41)28-16-25(19-40(28)32(42)23(3)22(2)15-21)47-31-27-12-8-7-11-26(27)29(46-4)18-37-31/h6-8,10-12,18,21-25,28H,5,9,13-17,19-20H2,1-4H3,(H,38,41)(H,39,43)/b10-6-/t21-,22-,23?,24-,25-,28+,35-/m1/s1. The molecular weight excluding hydrogens is 639 g/mol. The van der Waals surface area contributed by atoms with Gasteiger partial charge in [-0.25, -0.2) is 17.8 Å². The highest BCUT2D eigenvalue weighted by atomic mass is 32.2. The maximum absolute atomic E-state index is 14.2. The highest BCUT2D eigenvalue weighted by Gasteiger charge is 2.64. The second-order valence-corrected chi connectivity index (χ2v) is 16.4. The van der Waals surface area contributed by atoms with Crippen LogP contribution in [0.1, 0.15) is 65.7 Å². The first-order valence-corrected chi connectivity index (χ1v) is 18.3. The van der Waals surface area contributed by atoms with E-state index in [1.54, 1.807) is 13.3 Å². The molecular formula is C35H45FN4O7S. The summed E-state index contributed by atoms with van der Waals surface area (Å²) in [5.74, 6) is -1.16. The van der Waals surface area contributed by atoms with Crippen molar-refractivity contribution in [2.24, 2.45) is 23.7 Å². The van der Waals surface area contributed by atoms with Crippen LogP contribution in [-0.2, 0) is 24.4 Å². The molecule has 1 aromatic heterocycles. The molecule has 4 aliphatic rings. The van der Waals surface area contributed by atoms with Crippen molar-refractivity contribution in [3.05, 3.63) is 42.6 Å². The molecule has 260 valence electrons. The van der Waals surface area contributed by atoms with Crippen LogP contribution < -0.4 is 19.5 Å². The van der Waals surface area contributed by atoms with Gasteiger partial charge in [-0.2, -0.15) is 0 Å². The van der Waals surface area contributed by atoms with Crippen molar-refractivity contribution in [3.63, 3.8) is 0 Å². The van der Waals surface area contributed by atoms with Gasteiger partial charge < -0.3 is 19.7 Å². The highest BCUT2D eigenvalue weighted by Crippen LogP contribution is 2.48. The van der Waals surface area contributed by atoms with E-state index in [9.17, 15) is 27.2 Å². The number of pyridine rings is 1. The number of nitrogens with zero attached hydrogens (tertiary/aromatic N) is 2. The Bertz CT molecular complexity index is 1730. The molecule has 6 rings (SSSR count). The molecule has 2 aliphatic heterocycles. The summed E-state index contributed by atoms with van der Waals surface area (Å²) in [6.07, 6.45) is 7.83. The Morgan fingerprint density at radius 2 is 1.88 bits per heavy atom. The molecule has 11 nitrogen and oxygen atoms in total. The lowest BCUT2D eigenvalue weighted by molar-refractivity contribution is -0.143. The fourth-order valence-corrected chi connectivity index (χ4v) is 8.68. The lowest BCUT2D eigenvalue weighted by Crippen LogP contribution is -2.57. The molecule has 2 aromatic rings. The van der Waals surface area contributed by atoms with E-state index in [0.29, 0.717) is 17.5 Å². The molecule has 1 unspecified atom stereocenters. The molecule has 1 aromatic carbocycles. The molecule has 3 amide bonds. The van der Waals surface area contributed by atoms with Gasteiger partial charge in [0.15, 0.2) is 0 Å². The zero-order valence-corrected chi connectivity index (χ0v) is 28.7. The summed E-state index contributed by atoms with van der Waals surface area (Å²) in [7, 11) is -2.74. The minimum absolute atomic E-state index is 0.0541. The first kappa shape index (κ1) is 34.1. The Hall–Kier alpha value is -3.74. The zero-order valence-electron chi connectivity index (χ0n) is 27.9. The van der Waals surface area contributed by atoms with Crippen LogP contribution in [-0.4, -0.2) is 78.8 Å². The van der Waals surface area contributed by atoms with Crippen LogP contribution in [0.2, 0.25) is 0 Å². The van der Waals surface area contributed by atoms with Crippen LogP contribution >= 0.6 is 0 Å². The van der Waals surface area contributed by atoms with Crippen molar-refractivity contribution >= 4 is 38.5 Å². The van der Waals surface area contributed by atoms with Gasteiger partial charge in [0, 0.05) is 29.0 Å². The molecule has 7 atom stereocenters. The van der Waals surface area contributed by atoms with E-state index in [1.165, 1.54) is 4.90 Å². The number of hydrogen-bond donors (Lipinski definition) is 2. The van der Waals surface area contributed by atoms with Gasteiger partial charge in [0.25, 0.3) is 5.91 Å². The predicted molar refractivity (Wildman–Crippen MR) is 177 cm³/mol. The largest absolute Gasteiger partial charge is 0.494 e. The third kappa shape index (κ3) is 6.25. The van der Waals surface area contributed by atoms with Gasteiger partial charge in [-0.1, -0.05) is 51.1 Å². The first-order valence-electron chi connectivity index (χ1n) is 16.8. The SMILES string of the molecule is COc1cnc(O[C@@H]2C[C@H]3C(=O)N[C@]4(C(=O)NS(=O)(=O)C5(CF)CC5)C[C@H]4/C=C\CC[C@@H](C)C[C@@H](C)C(C)C(=O)N3C2)c2ccccc12. The van der Waals surface area contributed by atoms with Gasteiger partial charge in [-0.15, -0.1) is 0 Å². The Labute approximate surface area is 281 Å². The molecule has 2 saturated carbocycles. The van der Waals surface area contributed by atoms with Gasteiger partial charge in [0.05, 0.1) is 19.9 Å². The third-order valence-corrected chi connectivity index (χ3v) is 13.0. The average Bonchev–Trinajstić information content (AvgIpc) is 3.97. The number of halogens is 1. The monoisotopic (exact) mass is 684 g/mol. The quantitative estimate of drug-likeness (QED) is 0.416. The molecule has 3 heterocycles. The van der Waals surface area contributed by atoms with Crippen molar-refractivity contribution in [1.82, 2.24) is 19.9 Å². The van der Waals surface area contributed by atoms with Crippen molar-refractivity contribution in [1.29, 1.82) is 0 Å². The van der Waals surface area contributed by atoms with Crippen molar-refractivity contribution in [2.45, 2.75) is 88.1 Å². The predicted octanol–water partition coefficient (Wildman–Crippen LogP) is 4.06. The van der Waals surface area contributed by atoms with E-state index in [1.807, 2.05) is 43.3 Å². The second-order valence-electron chi connectivity index (χ2n) is 14.3. The number of amides is 3. The number of carbonyl (C=O) groups is 3. The number of rotatable bonds is 7. The summed E-state index contributed by atoms with van der Waals surface area (Å²) in [5, 5.41) is 4.39. The first-order chi connectivity index (χ1) is 22.8. The van der Waals surface area contributed by atoms with Crippen LogP contribution in [0.4, 0.5) is 4.39 Å². The van der Waals surface area contributed by atoms with E-state index >= 15 is 0 Å². The molecule has 48 heavy (non-hydrogen) atoms. The summed E-state index contributed by atoms with van der Waals surface area (Å²) < 4.78 is 52.1. The van der Waals surface area contributed by atoms with Crippen LogP contribution in [0.3, 0.4) is 0 Å². The number of nitrogens with one attached hydrogen (secondary N) is 2. The van der Waals surface area contributed by atoms with E-state index in [-0.39, 0.29) is 50.0 Å². The maximum atomic E-state index is 14.2. The minimum Gasteiger partial charge on any atom is -0.494 e. The highest BCUT2D eigenvalue weighted by molar-refractivity contribution is 7.91. The Morgan fingerprint density at radius 1 is 1.15 bits per heavy atom. The summed E-state index contributed by atoms with van der Waals surface area (Å²) in [4.78, 5) is 48.0. The van der Waals surface area contributed by atoms with Crippen molar-refractivity contribution in [2.75, 3.05) is 20.3 Å². The number of fused-ring (bicyclic) bond motifs is 3. The van der Waals surface area contributed by atoms with Gasteiger partial charge in [0.2, 0.25) is 27.7 Å².